The van der Waals surface area contributed by atoms with Gasteiger partial charge in [0.05, 0.1) is 44.0 Å². The van der Waals surface area contributed by atoms with Gasteiger partial charge >= 0.3 is 0 Å². The Balaban J connectivity index is 1.81. The Kier molecular flexibility index (Phi) is 6.59. The van der Waals surface area contributed by atoms with E-state index >= 15 is 0 Å². The van der Waals surface area contributed by atoms with E-state index in [9.17, 15) is 21.6 Å². The first-order valence-corrected chi connectivity index (χ1v) is 14.8. The summed E-state index contributed by atoms with van der Waals surface area (Å²) in [7, 11) is -7.02. The summed E-state index contributed by atoms with van der Waals surface area (Å²) in [6.45, 7) is 2.36. The smallest absolute Gasteiger partial charge is 0.261 e. The average molecular weight is 509 g/mol. The molecule has 3 aromatic rings. The summed E-state index contributed by atoms with van der Waals surface area (Å²) in [5, 5.41) is 0.361. The highest BCUT2D eigenvalue weighted by Gasteiger charge is 2.30. The van der Waals surface area contributed by atoms with Gasteiger partial charge in [0.2, 0.25) is 0 Å². The highest BCUT2D eigenvalue weighted by Crippen LogP contribution is 2.33. The van der Waals surface area contributed by atoms with Gasteiger partial charge in [0, 0.05) is 12.9 Å². The molecule has 4 rings (SSSR count). The molecule has 176 valence electrons. The van der Waals surface area contributed by atoms with Crippen LogP contribution < -0.4 is 4.90 Å². The Morgan fingerprint density at radius 2 is 1.94 bits per heavy atom. The molecule has 1 aliphatic rings. The van der Waals surface area contributed by atoms with Gasteiger partial charge in [0.1, 0.15) is 0 Å². The second kappa shape index (κ2) is 9.13. The topological polar surface area (TPSA) is 111 Å². The van der Waals surface area contributed by atoms with Gasteiger partial charge in [-0.15, -0.1) is 0 Å². The minimum absolute atomic E-state index is 0.0182. The molecular formula is C22H24N2O6S3. The summed E-state index contributed by atoms with van der Waals surface area (Å²) < 4.78 is 55.5. The molecule has 0 radical (unpaired) electrons. The lowest BCUT2D eigenvalue weighted by atomic mass is 10.1. The molecule has 0 aliphatic carbocycles. The summed E-state index contributed by atoms with van der Waals surface area (Å²) in [5.41, 5.74) is 0.635. The Hall–Kier alpha value is -2.34. The van der Waals surface area contributed by atoms with Crippen molar-refractivity contribution >= 4 is 52.3 Å². The lowest BCUT2D eigenvalue weighted by molar-refractivity contribution is 0.0915. The van der Waals surface area contributed by atoms with Crippen molar-refractivity contribution in [3.8, 4) is 0 Å². The number of fused-ring (bicyclic) bond motifs is 1. The van der Waals surface area contributed by atoms with Crippen molar-refractivity contribution in [2.24, 2.45) is 0 Å². The zero-order valence-electron chi connectivity index (χ0n) is 18.2. The molecule has 1 saturated heterocycles. The van der Waals surface area contributed by atoms with Crippen LogP contribution >= 0.6 is 11.3 Å². The molecule has 1 aromatic heterocycles. The average Bonchev–Trinajstić information content (AvgIpc) is 3.45. The third-order valence-electron chi connectivity index (χ3n) is 5.50. The van der Waals surface area contributed by atoms with Crippen LogP contribution in [0.2, 0.25) is 0 Å². The lowest BCUT2D eigenvalue weighted by Gasteiger charge is -2.24. The quantitative estimate of drug-likeness (QED) is 0.481. The molecule has 1 aliphatic heterocycles. The number of rotatable bonds is 7. The minimum atomic E-state index is -3.63. The van der Waals surface area contributed by atoms with Gasteiger partial charge in [0.25, 0.3) is 5.91 Å². The number of nitrogens with zero attached hydrogens (tertiary/aromatic N) is 2. The number of carbonyl (C=O) groups is 1. The predicted molar refractivity (Wildman–Crippen MR) is 128 cm³/mol. The first kappa shape index (κ1) is 23.8. The third kappa shape index (κ3) is 4.96. The van der Waals surface area contributed by atoms with Crippen LogP contribution in [0.15, 0.2) is 52.3 Å². The van der Waals surface area contributed by atoms with E-state index in [0.717, 1.165) is 19.1 Å². The van der Waals surface area contributed by atoms with E-state index < -0.39 is 25.6 Å². The van der Waals surface area contributed by atoms with Crippen LogP contribution in [-0.2, 0) is 24.4 Å². The molecule has 0 bridgehead atoms. The van der Waals surface area contributed by atoms with Crippen molar-refractivity contribution in [3.63, 3.8) is 0 Å². The highest BCUT2D eigenvalue weighted by atomic mass is 32.2. The van der Waals surface area contributed by atoms with Crippen LogP contribution in [0.4, 0.5) is 5.13 Å². The summed E-state index contributed by atoms with van der Waals surface area (Å²) in [5.74, 6) is -0.612. The van der Waals surface area contributed by atoms with Crippen LogP contribution in [0.3, 0.4) is 0 Å². The fraction of sp³-hybridized carbons (Fsp3) is 0.364. The van der Waals surface area contributed by atoms with Crippen molar-refractivity contribution in [1.29, 1.82) is 0 Å². The molecule has 2 aromatic carbocycles. The van der Waals surface area contributed by atoms with E-state index in [-0.39, 0.29) is 33.8 Å². The number of aromatic nitrogens is 1. The predicted octanol–water partition coefficient (Wildman–Crippen LogP) is 3.32. The van der Waals surface area contributed by atoms with Crippen molar-refractivity contribution in [2.45, 2.75) is 35.7 Å². The largest absolute Gasteiger partial charge is 0.376 e. The second-order valence-corrected chi connectivity index (χ2v) is 13.1. The monoisotopic (exact) mass is 508 g/mol. The van der Waals surface area contributed by atoms with Gasteiger partial charge in [-0.05, 0) is 43.2 Å². The van der Waals surface area contributed by atoms with E-state index in [4.69, 9.17) is 4.74 Å². The van der Waals surface area contributed by atoms with E-state index in [1.165, 1.54) is 47.4 Å². The number of hydrogen-bond acceptors (Lipinski definition) is 8. The molecule has 1 amide bonds. The van der Waals surface area contributed by atoms with Crippen LogP contribution in [0.25, 0.3) is 10.2 Å². The Morgan fingerprint density at radius 3 is 2.61 bits per heavy atom. The Bertz CT molecular complexity index is 1410. The molecule has 0 N–H and O–H groups in total. The number of ether oxygens (including phenoxy) is 1. The maximum Gasteiger partial charge on any atom is 0.261 e. The van der Waals surface area contributed by atoms with Gasteiger partial charge in [-0.1, -0.05) is 30.4 Å². The zero-order valence-corrected chi connectivity index (χ0v) is 20.7. The molecular weight excluding hydrogens is 484 g/mol. The van der Waals surface area contributed by atoms with E-state index in [1.807, 2.05) is 0 Å². The third-order valence-corrected chi connectivity index (χ3v) is 9.43. The van der Waals surface area contributed by atoms with Crippen LogP contribution in [0.5, 0.6) is 0 Å². The molecule has 0 spiro atoms. The van der Waals surface area contributed by atoms with E-state index in [1.54, 1.807) is 18.2 Å². The Morgan fingerprint density at radius 1 is 1.18 bits per heavy atom. The van der Waals surface area contributed by atoms with Gasteiger partial charge in [-0.25, -0.2) is 21.8 Å². The maximum atomic E-state index is 13.7. The zero-order chi connectivity index (χ0) is 23.8. The van der Waals surface area contributed by atoms with Crippen molar-refractivity contribution in [2.75, 3.05) is 30.1 Å². The van der Waals surface area contributed by atoms with Gasteiger partial charge in [0.15, 0.2) is 24.8 Å². The summed E-state index contributed by atoms with van der Waals surface area (Å²) >= 11 is 1.19. The van der Waals surface area contributed by atoms with Gasteiger partial charge in [-0.3, -0.25) is 9.69 Å². The van der Waals surface area contributed by atoms with Gasteiger partial charge < -0.3 is 4.74 Å². The summed E-state index contributed by atoms with van der Waals surface area (Å²) in [6.07, 6.45) is 2.60. The molecule has 1 unspecified atom stereocenters. The minimum Gasteiger partial charge on any atom is -0.376 e. The molecule has 2 heterocycles. The van der Waals surface area contributed by atoms with Crippen molar-refractivity contribution in [3.05, 3.63) is 48.0 Å². The normalized spacial score (nSPS) is 16.8. The van der Waals surface area contributed by atoms with Crippen molar-refractivity contribution < 1.29 is 26.4 Å². The molecule has 11 heteroatoms. The molecule has 0 saturated carbocycles. The fourth-order valence-electron chi connectivity index (χ4n) is 3.69. The summed E-state index contributed by atoms with van der Waals surface area (Å²) in [4.78, 5) is 19.9. The van der Waals surface area contributed by atoms with Crippen LogP contribution in [-0.4, -0.2) is 59.0 Å². The molecule has 1 fully saturated rings. The number of amides is 1. The Labute approximate surface area is 197 Å². The van der Waals surface area contributed by atoms with Crippen molar-refractivity contribution in [1.82, 2.24) is 4.98 Å². The standard InChI is InChI=1S/C22H24N2O6S3/c1-3-33(28,29)20-9-5-4-8-17(20)21(25)24(14-15-7-6-12-30-15)22-23-18-11-10-16(32(2,26)27)13-19(18)31-22/h4-5,8-11,13,15H,3,6-7,12,14H2,1-2H3. The highest BCUT2D eigenvalue weighted by molar-refractivity contribution is 7.91. The fourth-order valence-corrected chi connectivity index (χ4v) is 6.52. The van der Waals surface area contributed by atoms with E-state index in [2.05, 4.69) is 4.98 Å². The molecule has 1 atom stereocenters. The SMILES string of the molecule is CCS(=O)(=O)c1ccccc1C(=O)N(CC1CCCO1)c1nc2ccc(S(C)(=O)=O)cc2s1. The number of carbonyl (C=O) groups excluding carboxylic acids is 1. The first-order valence-electron chi connectivity index (χ1n) is 10.5. The number of hydrogen-bond donors (Lipinski definition) is 0. The molecule has 33 heavy (non-hydrogen) atoms. The first-order chi connectivity index (χ1) is 15.6. The second-order valence-electron chi connectivity index (χ2n) is 7.85. The number of anilines is 1. The summed E-state index contributed by atoms with van der Waals surface area (Å²) in [6, 6.07) is 10.8. The molecule has 8 nitrogen and oxygen atoms in total. The van der Waals surface area contributed by atoms with Gasteiger partial charge in [-0.2, -0.15) is 0 Å². The number of benzene rings is 2. The maximum absolute atomic E-state index is 13.7. The number of thiazole rings is 1. The van der Waals surface area contributed by atoms with E-state index in [0.29, 0.717) is 22.0 Å². The van der Waals surface area contributed by atoms with Crippen LogP contribution in [0.1, 0.15) is 30.1 Å². The number of sulfone groups is 2. The van der Waals surface area contributed by atoms with Crippen LogP contribution in [0, 0.1) is 0 Å². The lowest BCUT2D eigenvalue weighted by Crippen LogP contribution is -2.38.